The van der Waals surface area contributed by atoms with E-state index in [4.69, 9.17) is 5.73 Å². The number of amides is 1. The van der Waals surface area contributed by atoms with Crippen molar-refractivity contribution in [2.45, 2.75) is 33.4 Å². The average Bonchev–Trinajstić information content (AvgIpc) is 2.90. The van der Waals surface area contributed by atoms with Crippen molar-refractivity contribution in [1.29, 1.82) is 0 Å². The van der Waals surface area contributed by atoms with Crippen LogP contribution >= 0.6 is 0 Å². The van der Waals surface area contributed by atoms with Crippen LogP contribution in [0.1, 0.15) is 26.3 Å². The van der Waals surface area contributed by atoms with Gasteiger partial charge in [0, 0.05) is 24.6 Å². The van der Waals surface area contributed by atoms with Crippen molar-refractivity contribution in [3.05, 3.63) is 48.5 Å². The van der Waals surface area contributed by atoms with Crippen molar-refractivity contribution >= 4 is 11.6 Å². The van der Waals surface area contributed by atoms with E-state index >= 15 is 0 Å². The van der Waals surface area contributed by atoms with E-state index in [1.165, 1.54) is 0 Å². The maximum Gasteiger partial charge on any atom is 0.241 e. The minimum atomic E-state index is -0.546. The third-order valence-electron chi connectivity index (χ3n) is 3.33. The van der Waals surface area contributed by atoms with Crippen LogP contribution in [0, 0.1) is 5.41 Å². The molecule has 0 aliphatic heterocycles. The molecule has 0 saturated carbocycles. The van der Waals surface area contributed by atoms with Crippen molar-refractivity contribution in [3.8, 4) is 0 Å². The number of hydrogen-bond donors (Lipinski definition) is 2. The van der Waals surface area contributed by atoms with Gasteiger partial charge in [-0.25, -0.2) is 4.98 Å². The monoisotopic (exact) mass is 286 g/mol. The molecule has 0 aliphatic rings. The summed E-state index contributed by atoms with van der Waals surface area (Å²) < 4.78 is 1.97. The molecule has 0 spiro atoms. The summed E-state index contributed by atoms with van der Waals surface area (Å²) in [7, 11) is 0. The zero-order valence-electron chi connectivity index (χ0n) is 12.7. The third kappa shape index (κ3) is 4.16. The van der Waals surface area contributed by atoms with Crippen molar-refractivity contribution in [2.24, 2.45) is 11.1 Å². The number of hydrogen-bond acceptors (Lipinski definition) is 3. The van der Waals surface area contributed by atoms with E-state index in [2.05, 4.69) is 10.3 Å². The summed E-state index contributed by atoms with van der Waals surface area (Å²) in [4.78, 5) is 16.2. The van der Waals surface area contributed by atoms with Crippen LogP contribution in [0.5, 0.6) is 0 Å². The Morgan fingerprint density at radius 1 is 1.43 bits per heavy atom. The lowest BCUT2D eigenvalue weighted by Crippen LogP contribution is -2.45. The van der Waals surface area contributed by atoms with Gasteiger partial charge in [-0.15, -0.1) is 0 Å². The molecule has 1 atom stereocenters. The second-order valence-corrected chi connectivity index (χ2v) is 6.27. The van der Waals surface area contributed by atoms with Gasteiger partial charge in [0.05, 0.1) is 12.4 Å². The largest absolute Gasteiger partial charge is 0.333 e. The van der Waals surface area contributed by atoms with E-state index in [0.717, 1.165) is 17.8 Å². The molecule has 0 saturated heterocycles. The SMILES string of the molecule is CC(C)(C)[C@@H](N)C(=O)Nc1cccc(Cn2ccnc2)c1. The molecular formula is C16H22N4O. The molecule has 112 valence electrons. The quantitative estimate of drug-likeness (QED) is 0.905. The molecule has 1 heterocycles. The summed E-state index contributed by atoms with van der Waals surface area (Å²) in [6.07, 6.45) is 5.41. The summed E-state index contributed by atoms with van der Waals surface area (Å²) >= 11 is 0. The fourth-order valence-electron chi connectivity index (χ4n) is 1.95. The van der Waals surface area contributed by atoms with Gasteiger partial charge >= 0.3 is 0 Å². The number of aromatic nitrogens is 2. The number of carbonyl (C=O) groups is 1. The lowest BCUT2D eigenvalue weighted by Gasteiger charge is -2.25. The van der Waals surface area contributed by atoms with Crippen LogP contribution < -0.4 is 11.1 Å². The highest BCUT2D eigenvalue weighted by atomic mass is 16.2. The fraction of sp³-hybridized carbons (Fsp3) is 0.375. The van der Waals surface area contributed by atoms with E-state index in [0.29, 0.717) is 0 Å². The predicted octanol–water partition coefficient (Wildman–Crippen LogP) is 2.24. The Morgan fingerprint density at radius 2 is 2.19 bits per heavy atom. The topological polar surface area (TPSA) is 72.9 Å². The zero-order chi connectivity index (χ0) is 15.5. The van der Waals surface area contributed by atoms with Gasteiger partial charge in [-0.3, -0.25) is 4.79 Å². The van der Waals surface area contributed by atoms with Gasteiger partial charge < -0.3 is 15.6 Å². The Labute approximate surface area is 125 Å². The molecule has 0 fully saturated rings. The Morgan fingerprint density at radius 3 is 2.81 bits per heavy atom. The smallest absolute Gasteiger partial charge is 0.241 e. The van der Waals surface area contributed by atoms with E-state index in [1.807, 2.05) is 55.8 Å². The minimum Gasteiger partial charge on any atom is -0.333 e. The first kappa shape index (κ1) is 15.3. The van der Waals surface area contributed by atoms with Crippen LogP contribution in [0.3, 0.4) is 0 Å². The molecule has 1 aromatic carbocycles. The standard InChI is InChI=1S/C16H22N4O/c1-16(2,3)14(17)15(21)19-13-6-4-5-12(9-13)10-20-8-7-18-11-20/h4-9,11,14H,10,17H2,1-3H3,(H,19,21)/t14-/m0/s1. The van der Waals surface area contributed by atoms with Gasteiger partial charge in [-0.05, 0) is 23.1 Å². The summed E-state index contributed by atoms with van der Waals surface area (Å²) in [5.74, 6) is -0.165. The molecule has 2 rings (SSSR count). The molecule has 21 heavy (non-hydrogen) atoms. The van der Waals surface area contributed by atoms with E-state index in [-0.39, 0.29) is 11.3 Å². The average molecular weight is 286 g/mol. The zero-order valence-corrected chi connectivity index (χ0v) is 12.7. The number of benzene rings is 1. The first-order valence-corrected chi connectivity index (χ1v) is 6.97. The summed E-state index contributed by atoms with van der Waals surface area (Å²) in [5.41, 5.74) is 7.55. The molecule has 3 N–H and O–H groups in total. The lowest BCUT2D eigenvalue weighted by atomic mass is 9.87. The number of nitrogens with two attached hydrogens (primary N) is 1. The van der Waals surface area contributed by atoms with Crippen LogP contribution in [0.25, 0.3) is 0 Å². The molecule has 0 radical (unpaired) electrons. The number of nitrogens with one attached hydrogen (secondary N) is 1. The van der Waals surface area contributed by atoms with Gasteiger partial charge in [0.15, 0.2) is 0 Å². The Hall–Kier alpha value is -2.14. The Bertz CT molecular complexity index is 599. The second-order valence-electron chi connectivity index (χ2n) is 6.27. The summed E-state index contributed by atoms with van der Waals surface area (Å²) in [6.45, 7) is 6.57. The molecule has 2 aromatic rings. The maximum absolute atomic E-state index is 12.1. The molecule has 0 bridgehead atoms. The van der Waals surface area contributed by atoms with Crippen molar-refractivity contribution in [2.75, 3.05) is 5.32 Å². The van der Waals surface area contributed by atoms with Gasteiger partial charge in [0.2, 0.25) is 5.91 Å². The predicted molar refractivity (Wildman–Crippen MR) is 83.8 cm³/mol. The first-order valence-electron chi connectivity index (χ1n) is 6.97. The van der Waals surface area contributed by atoms with Crippen LogP contribution in [-0.4, -0.2) is 21.5 Å². The van der Waals surface area contributed by atoms with Gasteiger partial charge in [0.25, 0.3) is 0 Å². The number of anilines is 1. The molecule has 1 amide bonds. The minimum absolute atomic E-state index is 0.165. The van der Waals surface area contributed by atoms with Gasteiger partial charge in [-0.1, -0.05) is 32.9 Å². The highest BCUT2D eigenvalue weighted by molar-refractivity contribution is 5.95. The number of nitrogens with zero attached hydrogens (tertiary/aromatic N) is 2. The Balaban J connectivity index is 2.06. The summed E-state index contributed by atoms with van der Waals surface area (Å²) in [5, 5.41) is 2.88. The summed E-state index contributed by atoms with van der Waals surface area (Å²) in [6, 6.07) is 7.21. The first-order chi connectivity index (χ1) is 9.86. The van der Waals surface area contributed by atoms with Crippen molar-refractivity contribution in [3.63, 3.8) is 0 Å². The highest BCUT2D eigenvalue weighted by Gasteiger charge is 2.27. The number of rotatable bonds is 4. The van der Waals surface area contributed by atoms with Crippen molar-refractivity contribution < 1.29 is 4.79 Å². The fourth-order valence-corrected chi connectivity index (χ4v) is 1.95. The lowest BCUT2D eigenvalue weighted by molar-refractivity contribution is -0.119. The van der Waals surface area contributed by atoms with Gasteiger partial charge in [0.1, 0.15) is 0 Å². The molecular weight excluding hydrogens is 264 g/mol. The maximum atomic E-state index is 12.1. The molecule has 1 aromatic heterocycles. The van der Waals surface area contributed by atoms with Crippen LogP contribution in [0.15, 0.2) is 43.0 Å². The highest BCUT2D eigenvalue weighted by Crippen LogP contribution is 2.19. The third-order valence-corrected chi connectivity index (χ3v) is 3.33. The van der Waals surface area contributed by atoms with Crippen molar-refractivity contribution in [1.82, 2.24) is 9.55 Å². The number of imidazole rings is 1. The van der Waals surface area contributed by atoms with E-state index in [1.54, 1.807) is 12.5 Å². The molecule has 0 unspecified atom stereocenters. The normalized spacial score (nSPS) is 13.0. The number of carbonyl (C=O) groups excluding carboxylic acids is 1. The van der Waals surface area contributed by atoms with Crippen LogP contribution in [0.4, 0.5) is 5.69 Å². The Kier molecular flexibility index (Phi) is 4.43. The molecule has 5 nitrogen and oxygen atoms in total. The van der Waals surface area contributed by atoms with E-state index < -0.39 is 6.04 Å². The molecule has 5 heteroatoms. The van der Waals surface area contributed by atoms with Crippen LogP contribution in [0.2, 0.25) is 0 Å². The van der Waals surface area contributed by atoms with Gasteiger partial charge in [-0.2, -0.15) is 0 Å². The second kappa shape index (κ2) is 6.10. The molecule has 0 aliphatic carbocycles. The van der Waals surface area contributed by atoms with E-state index in [9.17, 15) is 4.79 Å². The van der Waals surface area contributed by atoms with Crippen LogP contribution in [-0.2, 0) is 11.3 Å².